The van der Waals surface area contributed by atoms with Crippen molar-refractivity contribution in [3.8, 4) is 0 Å². The number of anilines is 1. The normalized spacial score (nSPS) is 21.2. The second kappa shape index (κ2) is 7.00. The van der Waals surface area contributed by atoms with Gasteiger partial charge >= 0.3 is 0 Å². The monoisotopic (exact) mass is 317 g/mol. The van der Waals surface area contributed by atoms with Crippen LogP contribution in [0, 0.1) is 6.92 Å². The third kappa shape index (κ3) is 3.82. The van der Waals surface area contributed by atoms with Crippen molar-refractivity contribution in [2.75, 3.05) is 37.7 Å². The molecular formula is C17H23N3O3. The SMILES string of the molecule is Cc1cc(C(=O)NC[C@@H]2CCC(=O)N2)ccc1N1CCOCC1. The summed E-state index contributed by atoms with van der Waals surface area (Å²) in [6.45, 7) is 5.76. The van der Waals surface area contributed by atoms with Crippen LogP contribution in [0.3, 0.4) is 0 Å². The fraction of sp³-hybridized carbons (Fsp3) is 0.529. The van der Waals surface area contributed by atoms with Crippen LogP contribution in [0.1, 0.15) is 28.8 Å². The predicted octanol–water partition coefficient (Wildman–Crippen LogP) is 0.840. The zero-order chi connectivity index (χ0) is 16.2. The van der Waals surface area contributed by atoms with Gasteiger partial charge in [-0.15, -0.1) is 0 Å². The van der Waals surface area contributed by atoms with Gasteiger partial charge in [0.25, 0.3) is 5.91 Å². The van der Waals surface area contributed by atoms with Crippen LogP contribution in [0.4, 0.5) is 5.69 Å². The van der Waals surface area contributed by atoms with Gasteiger partial charge in [-0.2, -0.15) is 0 Å². The lowest BCUT2D eigenvalue weighted by molar-refractivity contribution is -0.119. The molecule has 3 rings (SSSR count). The van der Waals surface area contributed by atoms with Crippen LogP contribution in [0.25, 0.3) is 0 Å². The smallest absolute Gasteiger partial charge is 0.251 e. The molecule has 1 aromatic rings. The van der Waals surface area contributed by atoms with Crippen LogP contribution >= 0.6 is 0 Å². The Hall–Kier alpha value is -2.08. The zero-order valence-electron chi connectivity index (χ0n) is 13.4. The van der Waals surface area contributed by atoms with E-state index in [1.165, 1.54) is 0 Å². The van der Waals surface area contributed by atoms with Crippen molar-refractivity contribution in [3.63, 3.8) is 0 Å². The molecule has 0 aliphatic carbocycles. The maximum absolute atomic E-state index is 12.3. The van der Waals surface area contributed by atoms with Gasteiger partial charge in [-0.1, -0.05) is 0 Å². The lowest BCUT2D eigenvalue weighted by atomic mass is 10.1. The highest BCUT2D eigenvalue weighted by atomic mass is 16.5. The van der Waals surface area contributed by atoms with Gasteiger partial charge in [0.15, 0.2) is 0 Å². The second-order valence-electron chi connectivity index (χ2n) is 6.11. The minimum absolute atomic E-state index is 0.0557. The van der Waals surface area contributed by atoms with Gasteiger partial charge in [0.1, 0.15) is 0 Å². The van der Waals surface area contributed by atoms with Gasteiger partial charge in [0.05, 0.1) is 13.2 Å². The summed E-state index contributed by atoms with van der Waals surface area (Å²) in [4.78, 5) is 25.7. The Bertz CT molecular complexity index is 597. The molecule has 6 heteroatoms. The van der Waals surface area contributed by atoms with Crippen molar-refractivity contribution in [1.29, 1.82) is 0 Å². The molecular weight excluding hydrogens is 294 g/mol. The fourth-order valence-electron chi connectivity index (χ4n) is 3.10. The van der Waals surface area contributed by atoms with E-state index in [1.807, 2.05) is 25.1 Å². The number of benzene rings is 1. The number of nitrogens with zero attached hydrogens (tertiary/aromatic N) is 1. The molecule has 2 fully saturated rings. The third-order valence-electron chi connectivity index (χ3n) is 4.40. The Morgan fingerprint density at radius 3 is 2.83 bits per heavy atom. The minimum Gasteiger partial charge on any atom is -0.378 e. The molecule has 0 saturated carbocycles. The Morgan fingerprint density at radius 2 is 2.17 bits per heavy atom. The molecule has 0 aromatic heterocycles. The number of carbonyl (C=O) groups excluding carboxylic acids is 2. The third-order valence-corrected chi connectivity index (χ3v) is 4.40. The number of morpholine rings is 1. The molecule has 23 heavy (non-hydrogen) atoms. The number of rotatable bonds is 4. The summed E-state index contributed by atoms with van der Waals surface area (Å²) in [5, 5.41) is 5.75. The summed E-state index contributed by atoms with van der Waals surface area (Å²) in [6.07, 6.45) is 1.34. The number of aryl methyl sites for hydroxylation is 1. The molecule has 2 amide bonds. The van der Waals surface area contributed by atoms with Gasteiger partial charge in [-0.05, 0) is 37.1 Å². The van der Waals surface area contributed by atoms with E-state index in [-0.39, 0.29) is 17.9 Å². The van der Waals surface area contributed by atoms with Crippen molar-refractivity contribution < 1.29 is 14.3 Å². The quantitative estimate of drug-likeness (QED) is 0.863. The van der Waals surface area contributed by atoms with Crippen LogP contribution in [0.5, 0.6) is 0 Å². The lowest BCUT2D eigenvalue weighted by Gasteiger charge is -2.30. The molecule has 124 valence electrons. The Kier molecular flexibility index (Phi) is 4.81. The topological polar surface area (TPSA) is 70.7 Å². The first-order valence-corrected chi connectivity index (χ1v) is 8.14. The van der Waals surface area contributed by atoms with E-state index in [9.17, 15) is 9.59 Å². The highest BCUT2D eigenvalue weighted by Crippen LogP contribution is 2.22. The number of amides is 2. The number of ether oxygens (including phenoxy) is 1. The summed E-state index contributed by atoms with van der Waals surface area (Å²) < 4.78 is 5.38. The Labute approximate surface area is 136 Å². The average molecular weight is 317 g/mol. The summed E-state index contributed by atoms with van der Waals surface area (Å²) in [6, 6.07) is 5.85. The standard InChI is InChI=1S/C17H23N3O3/c1-12-10-13(2-4-15(12)20-6-8-23-9-7-20)17(22)18-11-14-3-5-16(21)19-14/h2,4,10,14H,3,5-9,11H2,1H3,(H,18,22)(H,19,21)/t14-/m0/s1. The lowest BCUT2D eigenvalue weighted by Crippen LogP contribution is -2.38. The number of carbonyl (C=O) groups is 2. The Morgan fingerprint density at radius 1 is 1.39 bits per heavy atom. The molecule has 2 aliphatic rings. The van der Waals surface area contributed by atoms with Crippen molar-refractivity contribution in [3.05, 3.63) is 29.3 Å². The van der Waals surface area contributed by atoms with E-state index < -0.39 is 0 Å². The van der Waals surface area contributed by atoms with Crippen molar-refractivity contribution in [2.45, 2.75) is 25.8 Å². The largest absolute Gasteiger partial charge is 0.378 e. The molecule has 1 atom stereocenters. The molecule has 0 bridgehead atoms. The number of nitrogens with one attached hydrogen (secondary N) is 2. The Balaban J connectivity index is 1.60. The second-order valence-corrected chi connectivity index (χ2v) is 6.11. The molecule has 0 radical (unpaired) electrons. The molecule has 2 heterocycles. The van der Waals surface area contributed by atoms with Crippen molar-refractivity contribution >= 4 is 17.5 Å². The highest BCUT2D eigenvalue weighted by Gasteiger charge is 2.21. The van der Waals surface area contributed by atoms with E-state index in [0.717, 1.165) is 44.0 Å². The van der Waals surface area contributed by atoms with E-state index in [1.54, 1.807) is 0 Å². The summed E-state index contributed by atoms with van der Waals surface area (Å²) in [7, 11) is 0. The van der Waals surface area contributed by atoms with Crippen LogP contribution in [-0.4, -0.2) is 50.7 Å². The maximum atomic E-state index is 12.3. The fourth-order valence-corrected chi connectivity index (χ4v) is 3.10. The van der Waals surface area contributed by atoms with Crippen molar-refractivity contribution in [1.82, 2.24) is 10.6 Å². The molecule has 0 unspecified atom stereocenters. The first kappa shape index (κ1) is 15.8. The molecule has 2 N–H and O–H groups in total. The summed E-state index contributed by atoms with van der Waals surface area (Å²) in [5.74, 6) is -0.0299. The van der Waals surface area contributed by atoms with Crippen LogP contribution in [-0.2, 0) is 9.53 Å². The zero-order valence-corrected chi connectivity index (χ0v) is 13.4. The van der Waals surface area contributed by atoms with Crippen LogP contribution in [0.15, 0.2) is 18.2 Å². The average Bonchev–Trinajstić information content (AvgIpc) is 2.99. The molecule has 6 nitrogen and oxygen atoms in total. The first-order valence-electron chi connectivity index (χ1n) is 8.14. The molecule has 2 saturated heterocycles. The van der Waals surface area contributed by atoms with E-state index in [4.69, 9.17) is 4.74 Å². The molecule has 0 spiro atoms. The minimum atomic E-state index is -0.0947. The van der Waals surface area contributed by atoms with Gasteiger partial charge < -0.3 is 20.3 Å². The van der Waals surface area contributed by atoms with Crippen LogP contribution in [0.2, 0.25) is 0 Å². The van der Waals surface area contributed by atoms with E-state index >= 15 is 0 Å². The van der Waals surface area contributed by atoms with Gasteiger partial charge in [0, 0.05) is 43.3 Å². The maximum Gasteiger partial charge on any atom is 0.251 e. The number of hydrogen-bond donors (Lipinski definition) is 2. The van der Waals surface area contributed by atoms with Gasteiger partial charge in [-0.3, -0.25) is 9.59 Å². The predicted molar refractivity (Wildman–Crippen MR) is 87.7 cm³/mol. The summed E-state index contributed by atoms with van der Waals surface area (Å²) in [5.41, 5.74) is 2.91. The van der Waals surface area contributed by atoms with E-state index in [2.05, 4.69) is 15.5 Å². The summed E-state index contributed by atoms with van der Waals surface area (Å²) >= 11 is 0. The number of hydrogen-bond acceptors (Lipinski definition) is 4. The molecule has 1 aromatic carbocycles. The van der Waals surface area contributed by atoms with Gasteiger partial charge in [-0.25, -0.2) is 0 Å². The van der Waals surface area contributed by atoms with E-state index in [0.29, 0.717) is 18.5 Å². The molecule has 2 aliphatic heterocycles. The van der Waals surface area contributed by atoms with Crippen LogP contribution < -0.4 is 15.5 Å². The first-order chi connectivity index (χ1) is 11.1. The highest BCUT2D eigenvalue weighted by molar-refractivity contribution is 5.95. The van der Waals surface area contributed by atoms with Crippen molar-refractivity contribution in [2.24, 2.45) is 0 Å². The van der Waals surface area contributed by atoms with Gasteiger partial charge in [0.2, 0.25) is 5.91 Å².